The molecular weight excluding hydrogens is 352 g/mol. The van der Waals surface area contributed by atoms with E-state index in [1.165, 1.54) is 7.11 Å². The van der Waals surface area contributed by atoms with E-state index in [1.807, 2.05) is 12.1 Å². The molecule has 0 heterocycles. The number of ether oxygens (including phenoxy) is 1. The van der Waals surface area contributed by atoms with Gasteiger partial charge in [0.05, 0.1) is 10.8 Å². The SMILES string of the molecule is CO[C@@H](C(=O)N[C@@H](CC[S@](=O)c1ccccc1)C(N)=O)c1ccccc1. The number of primary amides is 1. The maximum absolute atomic E-state index is 12.5. The Morgan fingerprint density at radius 2 is 1.65 bits per heavy atom. The summed E-state index contributed by atoms with van der Waals surface area (Å²) in [4.78, 5) is 24.9. The average Bonchev–Trinajstić information content (AvgIpc) is 2.66. The van der Waals surface area contributed by atoms with Crippen LogP contribution < -0.4 is 11.1 Å². The second kappa shape index (κ2) is 9.84. The highest BCUT2D eigenvalue weighted by Gasteiger charge is 2.25. The minimum absolute atomic E-state index is 0.174. The summed E-state index contributed by atoms with van der Waals surface area (Å²) in [7, 11) is 0.143. The molecule has 0 bridgehead atoms. The number of rotatable bonds is 9. The van der Waals surface area contributed by atoms with Crippen LogP contribution in [0.15, 0.2) is 65.6 Å². The highest BCUT2D eigenvalue weighted by Crippen LogP contribution is 2.17. The third-order valence-corrected chi connectivity index (χ3v) is 5.24. The molecule has 0 radical (unpaired) electrons. The molecule has 0 saturated carbocycles. The van der Waals surface area contributed by atoms with E-state index < -0.39 is 34.8 Å². The van der Waals surface area contributed by atoms with Gasteiger partial charge in [-0.25, -0.2) is 0 Å². The summed E-state index contributed by atoms with van der Waals surface area (Å²) in [6.07, 6.45) is -0.675. The Bertz CT molecular complexity index is 753. The van der Waals surface area contributed by atoms with Crippen LogP contribution in [0.3, 0.4) is 0 Å². The van der Waals surface area contributed by atoms with Crippen LogP contribution >= 0.6 is 0 Å². The molecule has 3 atom stereocenters. The second-order valence-electron chi connectivity index (χ2n) is 5.64. The topological polar surface area (TPSA) is 98.5 Å². The van der Waals surface area contributed by atoms with Gasteiger partial charge in [0, 0.05) is 17.8 Å². The molecule has 0 aliphatic heterocycles. The molecule has 0 aromatic heterocycles. The van der Waals surface area contributed by atoms with Crippen molar-refractivity contribution in [2.45, 2.75) is 23.5 Å². The molecule has 2 aromatic carbocycles. The highest BCUT2D eigenvalue weighted by atomic mass is 32.2. The molecule has 6 nitrogen and oxygen atoms in total. The summed E-state index contributed by atoms with van der Waals surface area (Å²) in [5.74, 6) is -0.930. The molecule has 7 heteroatoms. The molecule has 0 saturated heterocycles. The zero-order valence-electron chi connectivity index (χ0n) is 14.5. The van der Waals surface area contributed by atoms with Crippen LogP contribution in [0.1, 0.15) is 18.1 Å². The van der Waals surface area contributed by atoms with Crippen LogP contribution in [-0.4, -0.2) is 34.9 Å². The van der Waals surface area contributed by atoms with Gasteiger partial charge in [-0.15, -0.1) is 0 Å². The number of nitrogens with two attached hydrogens (primary N) is 1. The van der Waals surface area contributed by atoms with E-state index in [4.69, 9.17) is 10.5 Å². The van der Waals surface area contributed by atoms with E-state index in [1.54, 1.807) is 48.5 Å². The highest BCUT2D eigenvalue weighted by molar-refractivity contribution is 7.85. The number of hydrogen-bond donors (Lipinski definition) is 2. The third-order valence-electron chi connectivity index (χ3n) is 3.83. The van der Waals surface area contributed by atoms with Crippen LogP contribution in [0.5, 0.6) is 0 Å². The maximum atomic E-state index is 12.5. The van der Waals surface area contributed by atoms with Crippen molar-refractivity contribution >= 4 is 22.6 Å². The Morgan fingerprint density at radius 1 is 1.08 bits per heavy atom. The van der Waals surface area contributed by atoms with Crippen molar-refractivity contribution in [2.24, 2.45) is 5.73 Å². The average molecular weight is 374 g/mol. The molecule has 2 amide bonds. The van der Waals surface area contributed by atoms with Gasteiger partial charge in [0.25, 0.3) is 5.91 Å². The molecule has 0 unspecified atom stereocenters. The number of nitrogens with one attached hydrogen (secondary N) is 1. The fraction of sp³-hybridized carbons (Fsp3) is 0.263. The largest absolute Gasteiger partial charge is 0.368 e. The molecule has 0 aliphatic rings. The van der Waals surface area contributed by atoms with Crippen molar-refractivity contribution < 1.29 is 18.5 Å². The minimum atomic E-state index is -1.27. The number of amides is 2. The smallest absolute Gasteiger partial charge is 0.254 e. The molecule has 0 fully saturated rings. The van der Waals surface area contributed by atoms with Crippen LogP contribution in [0, 0.1) is 0 Å². The first-order valence-corrected chi connectivity index (χ1v) is 9.45. The molecule has 3 N–H and O–H groups in total. The summed E-state index contributed by atoms with van der Waals surface area (Å²) in [5, 5.41) is 2.60. The summed E-state index contributed by atoms with van der Waals surface area (Å²) >= 11 is 0. The van der Waals surface area contributed by atoms with Crippen LogP contribution in [0.25, 0.3) is 0 Å². The van der Waals surface area contributed by atoms with Gasteiger partial charge >= 0.3 is 0 Å². The normalized spacial score (nSPS) is 14.2. The van der Waals surface area contributed by atoms with Gasteiger partial charge in [-0.1, -0.05) is 48.5 Å². The van der Waals surface area contributed by atoms with Gasteiger partial charge in [0.2, 0.25) is 5.91 Å². The van der Waals surface area contributed by atoms with Crippen molar-refractivity contribution in [3.05, 3.63) is 66.2 Å². The van der Waals surface area contributed by atoms with E-state index in [0.717, 1.165) is 0 Å². The Hall–Kier alpha value is -2.51. The van der Waals surface area contributed by atoms with Gasteiger partial charge in [-0.05, 0) is 24.1 Å². The fourth-order valence-corrected chi connectivity index (χ4v) is 3.62. The molecule has 2 aromatic rings. The van der Waals surface area contributed by atoms with Crippen LogP contribution in [-0.2, 0) is 25.1 Å². The summed E-state index contributed by atoms with van der Waals surface area (Å²) < 4.78 is 17.5. The lowest BCUT2D eigenvalue weighted by Crippen LogP contribution is -2.47. The Labute approximate surface area is 155 Å². The predicted molar refractivity (Wildman–Crippen MR) is 99.7 cm³/mol. The number of benzene rings is 2. The molecule has 26 heavy (non-hydrogen) atoms. The summed E-state index contributed by atoms with van der Waals surface area (Å²) in [5.41, 5.74) is 6.07. The Morgan fingerprint density at radius 3 is 2.19 bits per heavy atom. The monoisotopic (exact) mass is 374 g/mol. The van der Waals surface area contributed by atoms with Crippen LogP contribution in [0.4, 0.5) is 0 Å². The van der Waals surface area contributed by atoms with E-state index in [0.29, 0.717) is 10.5 Å². The Kier molecular flexibility index (Phi) is 7.50. The fourth-order valence-electron chi connectivity index (χ4n) is 2.47. The lowest BCUT2D eigenvalue weighted by Gasteiger charge is -2.20. The van der Waals surface area contributed by atoms with E-state index in [9.17, 15) is 13.8 Å². The van der Waals surface area contributed by atoms with Gasteiger partial charge < -0.3 is 15.8 Å². The Balaban J connectivity index is 2.00. The van der Waals surface area contributed by atoms with Crippen molar-refractivity contribution in [3.8, 4) is 0 Å². The first-order valence-electron chi connectivity index (χ1n) is 8.13. The standard InChI is InChI=1S/C19H22N2O4S/c1-25-17(14-8-4-2-5-9-14)19(23)21-16(18(20)22)12-13-26(24)15-10-6-3-7-11-15/h2-11,16-17H,12-13H2,1H3,(H2,20,22)(H,21,23)/t16-,17+,26-/m0/s1. The molecule has 138 valence electrons. The quantitative estimate of drug-likeness (QED) is 0.695. The number of methoxy groups -OCH3 is 1. The first-order chi connectivity index (χ1) is 12.5. The first kappa shape index (κ1) is 19.8. The van der Waals surface area contributed by atoms with Gasteiger partial charge in [-0.2, -0.15) is 0 Å². The third kappa shape index (κ3) is 5.50. The number of carbonyl (C=O) groups excluding carboxylic acids is 2. The van der Waals surface area contributed by atoms with E-state index >= 15 is 0 Å². The lowest BCUT2D eigenvalue weighted by molar-refractivity contribution is -0.135. The van der Waals surface area contributed by atoms with E-state index in [-0.39, 0.29) is 12.2 Å². The van der Waals surface area contributed by atoms with Crippen molar-refractivity contribution in [1.29, 1.82) is 0 Å². The molecule has 0 aliphatic carbocycles. The second-order valence-corrected chi connectivity index (χ2v) is 7.21. The zero-order chi connectivity index (χ0) is 18.9. The van der Waals surface area contributed by atoms with E-state index in [2.05, 4.69) is 5.32 Å². The van der Waals surface area contributed by atoms with Crippen molar-refractivity contribution in [2.75, 3.05) is 12.9 Å². The van der Waals surface area contributed by atoms with Gasteiger partial charge in [-0.3, -0.25) is 13.8 Å². The molecular formula is C19H22N2O4S. The van der Waals surface area contributed by atoms with Gasteiger partial charge in [0.15, 0.2) is 6.10 Å². The van der Waals surface area contributed by atoms with Crippen molar-refractivity contribution in [1.82, 2.24) is 5.32 Å². The summed E-state index contributed by atoms with van der Waals surface area (Å²) in [6.45, 7) is 0. The van der Waals surface area contributed by atoms with Gasteiger partial charge in [0.1, 0.15) is 6.04 Å². The van der Waals surface area contributed by atoms with Crippen molar-refractivity contribution in [3.63, 3.8) is 0 Å². The molecule has 0 spiro atoms. The maximum Gasteiger partial charge on any atom is 0.254 e. The molecule has 2 rings (SSSR count). The lowest BCUT2D eigenvalue weighted by atomic mass is 10.1. The summed E-state index contributed by atoms with van der Waals surface area (Å²) in [6, 6.07) is 17.0. The van der Waals surface area contributed by atoms with Crippen LogP contribution in [0.2, 0.25) is 0 Å². The zero-order valence-corrected chi connectivity index (χ0v) is 15.3. The minimum Gasteiger partial charge on any atom is -0.368 e. The number of carbonyl (C=O) groups is 2. The predicted octanol–water partition coefficient (Wildman–Crippen LogP) is 1.54. The number of hydrogen-bond acceptors (Lipinski definition) is 4.